The van der Waals surface area contributed by atoms with Crippen molar-refractivity contribution < 1.29 is 20.1 Å². The third-order valence-corrected chi connectivity index (χ3v) is 5.75. The Morgan fingerprint density at radius 2 is 1.82 bits per heavy atom. The lowest BCUT2D eigenvalue weighted by Gasteiger charge is -2.30. The van der Waals surface area contributed by atoms with Gasteiger partial charge in [-0.3, -0.25) is 9.69 Å². The van der Waals surface area contributed by atoms with Crippen molar-refractivity contribution >= 4 is 5.91 Å². The summed E-state index contributed by atoms with van der Waals surface area (Å²) in [5.41, 5.74) is 0. The normalized spacial score (nSPS) is 40.4. The first kappa shape index (κ1) is 16.2. The Morgan fingerprint density at radius 1 is 1.09 bits per heavy atom. The van der Waals surface area contributed by atoms with Gasteiger partial charge in [0.15, 0.2) is 0 Å². The maximum Gasteiger partial charge on any atom is 0.237 e. The number of nitrogens with zero attached hydrogens (tertiary/aromatic N) is 1. The molecule has 6 heteroatoms. The number of nitrogens with one attached hydrogen (secondary N) is 1. The smallest absolute Gasteiger partial charge is 0.237 e. The highest BCUT2D eigenvalue weighted by Gasteiger charge is 2.43. The van der Waals surface area contributed by atoms with Crippen molar-refractivity contribution in [2.24, 2.45) is 5.92 Å². The fourth-order valence-electron chi connectivity index (χ4n) is 4.47. The summed E-state index contributed by atoms with van der Waals surface area (Å²) in [4.78, 5) is 14.9. The Labute approximate surface area is 131 Å². The number of carbonyl (C=O) groups excluding carboxylic acids is 1. The maximum absolute atomic E-state index is 12.6. The van der Waals surface area contributed by atoms with Crippen LogP contribution in [0.2, 0.25) is 0 Å². The molecular formula is C16H28N2O4. The van der Waals surface area contributed by atoms with E-state index in [9.17, 15) is 20.1 Å². The second kappa shape index (κ2) is 6.83. The largest absolute Gasteiger partial charge is 0.396 e. The number of aliphatic hydroxyl groups is 3. The molecule has 6 nitrogen and oxygen atoms in total. The van der Waals surface area contributed by atoms with E-state index in [1.54, 1.807) is 0 Å². The molecule has 0 aromatic carbocycles. The Bertz CT molecular complexity index is 400. The van der Waals surface area contributed by atoms with Crippen LogP contribution in [0.4, 0.5) is 0 Å². The fourth-order valence-corrected chi connectivity index (χ4v) is 4.47. The van der Waals surface area contributed by atoms with E-state index in [1.807, 2.05) is 0 Å². The summed E-state index contributed by atoms with van der Waals surface area (Å²) in [6, 6.07) is -0.0196. The predicted octanol–water partition coefficient (Wildman–Crippen LogP) is -0.388. The zero-order valence-corrected chi connectivity index (χ0v) is 13.0. The molecule has 0 bridgehead atoms. The number of hydrogen-bond donors (Lipinski definition) is 4. The number of aliphatic hydroxyl groups excluding tert-OH is 3. The highest BCUT2D eigenvalue weighted by Crippen LogP contribution is 2.31. The molecule has 0 radical (unpaired) electrons. The van der Waals surface area contributed by atoms with Gasteiger partial charge in [0.25, 0.3) is 0 Å². The number of carbonyl (C=O) groups is 1. The third kappa shape index (κ3) is 3.02. The van der Waals surface area contributed by atoms with Crippen LogP contribution in [0.3, 0.4) is 0 Å². The molecule has 3 fully saturated rings. The quantitative estimate of drug-likeness (QED) is 0.567. The first-order valence-electron chi connectivity index (χ1n) is 8.65. The lowest BCUT2D eigenvalue weighted by atomic mass is 10.1. The van der Waals surface area contributed by atoms with Crippen LogP contribution in [0.5, 0.6) is 0 Å². The average molecular weight is 312 g/mol. The summed E-state index contributed by atoms with van der Waals surface area (Å²) >= 11 is 0. The van der Waals surface area contributed by atoms with E-state index in [0.717, 1.165) is 19.4 Å². The second-order valence-corrected chi connectivity index (χ2v) is 7.11. The van der Waals surface area contributed by atoms with Crippen molar-refractivity contribution in [2.45, 2.75) is 75.3 Å². The van der Waals surface area contributed by atoms with Crippen LogP contribution in [0.25, 0.3) is 0 Å². The predicted molar refractivity (Wildman–Crippen MR) is 81.1 cm³/mol. The van der Waals surface area contributed by atoms with Gasteiger partial charge in [0, 0.05) is 18.6 Å². The molecular weight excluding hydrogens is 284 g/mol. The summed E-state index contributed by atoms with van der Waals surface area (Å²) < 4.78 is 0. The molecule has 0 aromatic rings. The van der Waals surface area contributed by atoms with Gasteiger partial charge in [-0.2, -0.15) is 0 Å². The monoisotopic (exact) mass is 312 g/mol. The molecule has 3 rings (SSSR count). The van der Waals surface area contributed by atoms with E-state index in [1.165, 1.54) is 25.7 Å². The van der Waals surface area contributed by atoms with Crippen LogP contribution in [0.1, 0.15) is 44.9 Å². The van der Waals surface area contributed by atoms with Gasteiger partial charge in [0.1, 0.15) is 6.10 Å². The molecule has 2 aliphatic carbocycles. The molecule has 1 aliphatic heterocycles. The Hall–Kier alpha value is -0.690. The number of hydrogen-bond acceptors (Lipinski definition) is 5. The summed E-state index contributed by atoms with van der Waals surface area (Å²) in [5, 5.41) is 32.0. The standard InChI is InChI=1S/C16H28N2O4/c19-9-10-8-12(15(21)14(10)20)17-16(22)13-6-3-7-18(13)11-4-1-2-5-11/h10-15,19-21H,1-9H2,(H,17,22)/t10-,12-,13?,14-,15+/m0/s1. The Morgan fingerprint density at radius 3 is 2.45 bits per heavy atom. The van der Waals surface area contributed by atoms with E-state index in [0.29, 0.717) is 12.5 Å². The molecule has 126 valence electrons. The fraction of sp³-hybridized carbons (Fsp3) is 0.938. The lowest BCUT2D eigenvalue weighted by molar-refractivity contribution is -0.127. The van der Waals surface area contributed by atoms with Crippen molar-refractivity contribution in [1.29, 1.82) is 0 Å². The number of rotatable bonds is 4. The molecule has 5 atom stereocenters. The van der Waals surface area contributed by atoms with Crippen LogP contribution in [-0.4, -0.2) is 69.6 Å². The van der Waals surface area contributed by atoms with Crippen LogP contribution in [0, 0.1) is 5.92 Å². The van der Waals surface area contributed by atoms with Gasteiger partial charge < -0.3 is 20.6 Å². The van der Waals surface area contributed by atoms with E-state index in [-0.39, 0.29) is 24.5 Å². The van der Waals surface area contributed by atoms with Crippen molar-refractivity contribution in [3.05, 3.63) is 0 Å². The minimum atomic E-state index is -0.984. The summed E-state index contributed by atoms with van der Waals surface area (Å²) in [6.07, 6.45) is 5.28. The van der Waals surface area contributed by atoms with E-state index < -0.39 is 18.2 Å². The zero-order chi connectivity index (χ0) is 15.7. The molecule has 1 amide bonds. The minimum absolute atomic E-state index is 0.0285. The first-order valence-corrected chi connectivity index (χ1v) is 8.65. The van der Waals surface area contributed by atoms with Crippen LogP contribution < -0.4 is 5.32 Å². The molecule has 2 saturated carbocycles. The molecule has 3 aliphatic rings. The van der Waals surface area contributed by atoms with E-state index in [2.05, 4.69) is 10.2 Å². The first-order chi connectivity index (χ1) is 10.6. The molecule has 22 heavy (non-hydrogen) atoms. The zero-order valence-electron chi connectivity index (χ0n) is 13.0. The van der Waals surface area contributed by atoms with E-state index >= 15 is 0 Å². The maximum atomic E-state index is 12.6. The second-order valence-electron chi connectivity index (χ2n) is 7.11. The van der Waals surface area contributed by atoms with Crippen molar-refractivity contribution in [3.63, 3.8) is 0 Å². The van der Waals surface area contributed by atoms with Gasteiger partial charge in [0.2, 0.25) is 5.91 Å². The Kier molecular flexibility index (Phi) is 5.02. The van der Waals surface area contributed by atoms with Crippen molar-refractivity contribution in [3.8, 4) is 0 Å². The number of amides is 1. The minimum Gasteiger partial charge on any atom is -0.396 e. The molecule has 1 unspecified atom stereocenters. The lowest BCUT2D eigenvalue weighted by Crippen LogP contribution is -2.52. The Balaban J connectivity index is 1.59. The number of likely N-dealkylation sites (tertiary alicyclic amines) is 1. The van der Waals surface area contributed by atoms with Gasteiger partial charge in [-0.1, -0.05) is 12.8 Å². The summed E-state index contributed by atoms with van der Waals surface area (Å²) in [6.45, 7) is 0.820. The molecule has 1 heterocycles. The van der Waals surface area contributed by atoms with Gasteiger partial charge in [-0.15, -0.1) is 0 Å². The summed E-state index contributed by atoms with van der Waals surface area (Å²) in [5.74, 6) is -0.381. The van der Waals surface area contributed by atoms with Gasteiger partial charge >= 0.3 is 0 Å². The van der Waals surface area contributed by atoms with Gasteiger partial charge in [0.05, 0.1) is 18.2 Å². The third-order valence-electron chi connectivity index (χ3n) is 5.75. The van der Waals surface area contributed by atoms with Crippen LogP contribution in [-0.2, 0) is 4.79 Å². The summed E-state index contributed by atoms with van der Waals surface area (Å²) in [7, 11) is 0. The molecule has 4 N–H and O–H groups in total. The average Bonchev–Trinajstić information content (AvgIpc) is 3.23. The molecule has 0 spiro atoms. The highest BCUT2D eigenvalue weighted by atomic mass is 16.3. The van der Waals surface area contributed by atoms with Crippen LogP contribution >= 0.6 is 0 Å². The van der Waals surface area contributed by atoms with Gasteiger partial charge in [-0.25, -0.2) is 0 Å². The molecule has 0 aromatic heterocycles. The highest BCUT2D eigenvalue weighted by molar-refractivity contribution is 5.82. The van der Waals surface area contributed by atoms with Crippen molar-refractivity contribution in [1.82, 2.24) is 10.2 Å². The van der Waals surface area contributed by atoms with Crippen molar-refractivity contribution in [2.75, 3.05) is 13.2 Å². The van der Waals surface area contributed by atoms with E-state index in [4.69, 9.17) is 0 Å². The SMILES string of the molecule is O=C(N[C@H]1C[C@@H](CO)[C@H](O)[C@@H]1O)C1CCCN1C1CCCC1. The van der Waals surface area contributed by atoms with Gasteiger partial charge in [-0.05, 0) is 38.6 Å². The van der Waals surface area contributed by atoms with Crippen LogP contribution in [0.15, 0.2) is 0 Å². The molecule has 1 saturated heterocycles. The topological polar surface area (TPSA) is 93.0 Å².